The highest BCUT2D eigenvalue weighted by Gasteiger charge is 2.10. The molecule has 0 fully saturated rings. The summed E-state index contributed by atoms with van der Waals surface area (Å²) in [6.45, 7) is 2.07. The molecule has 0 unspecified atom stereocenters. The number of hydrogen-bond acceptors (Lipinski definition) is 3. The molecule has 0 spiro atoms. The van der Waals surface area contributed by atoms with E-state index in [0.29, 0.717) is 15.9 Å². The fourth-order valence-electron chi connectivity index (χ4n) is 1.72. The number of nitrogens with zero attached hydrogens (tertiary/aromatic N) is 2. The first-order valence-corrected chi connectivity index (χ1v) is 5.73. The van der Waals surface area contributed by atoms with Gasteiger partial charge in [-0.1, -0.05) is 24.9 Å². The van der Waals surface area contributed by atoms with E-state index in [1.165, 1.54) is 12.1 Å². The fourth-order valence-corrected chi connectivity index (χ4v) is 2.00. The van der Waals surface area contributed by atoms with Gasteiger partial charge in [0.15, 0.2) is 0 Å². The van der Waals surface area contributed by atoms with Crippen LogP contribution in [0.15, 0.2) is 24.3 Å². The molecule has 0 N–H and O–H groups in total. The van der Waals surface area contributed by atoms with Crippen molar-refractivity contribution in [3.8, 4) is 0 Å². The van der Waals surface area contributed by atoms with Crippen LogP contribution >= 0.6 is 11.6 Å². The highest BCUT2D eigenvalue weighted by atomic mass is 35.5. The van der Waals surface area contributed by atoms with E-state index in [0.717, 1.165) is 18.5 Å². The Kier molecular flexibility index (Phi) is 3.24. The summed E-state index contributed by atoms with van der Waals surface area (Å²) in [5.74, 6) is 0. The number of rotatable bonds is 3. The van der Waals surface area contributed by atoms with E-state index in [4.69, 9.17) is 11.6 Å². The highest BCUT2D eigenvalue weighted by molar-refractivity contribution is 6.35. The van der Waals surface area contributed by atoms with Crippen LogP contribution in [-0.2, 0) is 6.42 Å². The number of pyridine rings is 1. The number of benzene rings is 1. The number of halogens is 1. The molecule has 2 aromatic rings. The number of hydrogen-bond donors (Lipinski definition) is 0. The second-order valence-corrected chi connectivity index (χ2v) is 4.21. The summed E-state index contributed by atoms with van der Waals surface area (Å²) in [6, 6.07) is 6.32. The Morgan fingerprint density at radius 3 is 2.82 bits per heavy atom. The van der Waals surface area contributed by atoms with Gasteiger partial charge in [0.25, 0.3) is 5.69 Å². The minimum Gasteiger partial charge on any atom is -0.258 e. The van der Waals surface area contributed by atoms with Crippen molar-refractivity contribution in [3.05, 3.63) is 45.1 Å². The molecule has 4 nitrogen and oxygen atoms in total. The van der Waals surface area contributed by atoms with Crippen molar-refractivity contribution in [1.82, 2.24) is 4.98 Å². The average molecular weight is 251 g/mol. The van der Waals surface area contributed by atoms with Crippen molar-refractivity contribution >= 4 is 28.2 Å². The first-order valence-electron chi connectivity index (χ1n) is 5.35. The maximum Gasteiger partial charge on any atom is 0.270 e. The number of aromatic nitrogens is 1. The van der Waals surface area contributed by atoms with Crippen molar-refractivity contribution in [2.45, 2.75) is 19.8 Å². The molecule has 1 heterocycles. The topological polar surface area (TPSA) is 56.0 Å². The Hall–Kier alpha value is -1.68. The van der Waals surface area contributed by atoms with Gasteiger partial charge in [0.05, 0.1) is 15.5 Å². The molecule has 1 aromatic heterocycles. The Morgan fingerprint density at radius 2 is 2.18 bits per heavy atom. The van der Waals surface area contributed by atoms with Crippen molar-refractivity contribution in [1.29, 1.82) is 0 Å². The summed E-state index contributed by atoms with van der Waals surface area (Å²) < 4.78 is 0. The third-order valence-corrected chi connectivity index (χ3v) is 2.82. The number of non-ortho nitro benzene ring substituents is 1. The van der Waals surface area contributed by atoms with Crippen molar-refractivity contribution in [2.75, 3.05) is 0 Å². The predicted molar refractivity (Wildman–Crippen MR) is 67.4 cm³/mol. The van der Waals surface area contributed by atoms with Crippen LogP contribution in [0.1, 0.15) is 19.0 Å². The van der Waals surface area contributed by atoms with Gasteiger partial charge in [0.2, 0.25) is 0 Å². The molecular formula is C12H11ClN2O2. The normalized spacial score (nSPS) is 10.7. The smallest absolute Gasteiger partial charge is 0.258 e. The molecule has 0 atom stereocenters. The number of nitro benzene ring substituents is 1. The van der Waals surface area contributed by atoms with Crippen LogP contribution in [0.25, 0.3) is 10.9 Å². The minimum atomic E-state index is -0.435. The van der Waals surface area contributed by atoms with Crippen LogP contribution in [0.3, 0.4) is 0 Å². The summed E-state index contributed by atoms with van der Waals surface area (Å²) in [4.78, 5) is 14.7. The molecule has 0 amide bonds. The van der Waals surface area contributed by atoms with Crippen LogP contribution in [0.5, 0.6) is 0 Å². The second-order valence-electron chi connectivity index (χ2n) is 3.80. The zero-order valence-electron chi connectivity index (χ0n) is 9.31. The Bertz CT molecular complexity index is 584. The predicted octanol–water partition coefficient (Wildman–Crippen LogP) is 3.75. The molecule has 88 valence electrons. The molecule has 2 rings (SSSR count). The van der Waals surface area contributed by atoms with Gasteiger partial charge in [-0.05, 0) is 18.6 Å². The lowest BCUT2D eigenvalue weighted by atomic mass is 10.1. The fraction of sp³-hybridized carbons (Fsp3) is 0.250. The summed E-state index contributed by atoms with van der Waals surface area (Å²) in [7, 11) is 0. The summed E-state index contributed by atoms with van der Waals surface area (Å²) in [5, 5.41) is 11.8. The lowest BCUT2D eigenvalue weighted by Gasteiger charge is -2.04. The van der Waals surface area contributed by atoms with Gasteiger partial charge in [-0.25, -0.2) is 0 Å². The van der Waals surface area contributed by atoms with Crippen molar-refractivity contribution in [2.24, 2.45) is 0 Å². The lowest BCUT2D eigenvalue weighted by molar-refractivity contribution is -0.384. The Balaban J connectivity index is 2.60. The van der Waals surface area contributed by atoms with Gasteiger partial charge in [-0.2, -0.15) is 0 Å². The van der Waals surface area contributed by atoms with Crippen LogP contribution in [0, 0.1) is 10.1 Å². The molecule has 0 aliphatic heterocycles. The van der Waals surface area contributed by atoms with Gasteiger partial charge in [0, 0.05) is 23.2 Å². The molecule has 0 aliphatic rings. The average Bonchev–Trinajstić information content (AvgIpc) is 2.29. The molecule has 17 heavy (non-hydrogen) atoms. The molecule has 0 saturated heterocycles. The monoisotopic (exact) mass is 250 g/mol. The van der Waals surface area contributed by atoms with E-state index < -0.39 is 4.92 Å². The summed E-state index contributed by atoms with van der Waals surface area (Å²) in [6.07, 6.45) is 1.84. The number of aryl methyl sites for hydroxylation is 1. The van der Waals surface area contributed by atoms with Gasteiger partial charge in [-0.15, -0.1) is 0 Å². The summed E-state index contributed by atoms with van der Waals surface area (Å²) >= 11 is 6.11. The van der Waals surface area contributed by atoms with Crippen LogP contribution in [0.2, 0.25) is 5.02 Å². The standard InChI is InChI=1S/C12H11ClN2O2/c1-2-3-8-6-11(13)10-7-9(15(16)17)4-5-12(10)14-8/h4-7H,2-3H2,1H3. The highest BCUT2D eigenvalue weighted by Crippen LogP contribution is 2.27. The van der Waals surface area contributed by atoms with Gasteiger partial charge < -0.3 is 0 Å². The second kappa shape index (κ2) is 4.67. The van der Waals surface area contributed by atoms with E-state index in [1.54, 1.807) is 12.1 Å². The van der Waals surface area contributed by atoms with E-state index in [2.05, 4.69) is 11.9 Å². The van der Waals surface area contributed by atoms with E-state index >= 15 is 0 Å². The lowest BCUT2D eigenvalue weighted by Crippen LogP contribution is -1.93. The quantitative estimate of drug-likeness (QED) is 0.616. The zero-order chi connectivity index (χ0) is 12.4. The van der Waals surface area contributed by atoms with Crippen LogP contribution in [-0.4, -0.2) is 9.91 Å². The zero-order valence-corrected chi connectivity index (χ0v) is 10.1. The summed E-state index contributed by atoms with van der Waals surface area (Å²) in [5.41, 5.74) is 1.65. The first-order chi connectivity index (χ1) is 8.11. The van der Waals surface area contributed by atoms with E-state index in [-0.39, 0.29) is 5.69 Å². The van der Waals surface area contributed by atoms with E-state index in [1.807, 2.05) is 0 Å². The van der Waals surface area contributed by atoms with Crippen molar-refractivity contribution < 1.29 is 4.92 Å². The largest absolute Gasteiger partial charge is 0.270 e. The maximum absolute atomic E-state index is 10.7. The third-order valence-electron chi connectivity index (χ3n) is 2.51. The van der Waals surface area contributed by atoms with Crippen LogP contribution in [0.4, 0.5) is 5.69 Å². The SMILES string of the molecule is CCCc1cc(Cl)c2cc([N+](=O)[O-])ccc2n1. The van der Waals surface area contributed by atoms with Crippen molar-refractivity contribution in [3.63, 3.8) is 0 Å². The van der Waals surface area contributed by atoms with Crippen LogP contribution < -0.4 is 0 Å². The molecule has 0 radical (unpaired) electrons. The van der Waals surface area contributed by atoms with Gasteiger partial charge >= 0.3 is 0 Å². The van der Waals surface area contributed by atoms with Gasteiger partial charge in [-0.3, -0.25) is 15.1 Å². The molecule has 0 bridgehead atoms. The molecule has 0 aliphatic carbocycles. The minimum absolute atomic E-state index is 0.0319. The van der Waals surface area contributed by atoms with E-state index in [9.17, 15) is 10.1 Å². The number of fused-ring (bicyclic) bond motifs is 1. The molecule has 0 saturated carbocycles. The Labute approximate surface area is 103 Å². The van der Waals surface area contributed by atoms with Gasteiger partial charge in [0.1, 0.15) is 0 Å². The molecule has 5 heteroatoms. The number of nitro groups is 1. The molecule has 1 aromatic carbocycles. The molecular weight excluding hydrogens is 240 g/mol. The third kappa shape index (κ3) is 2.36. The first kappa shape index (κ1) is 11.8. The Morgan fingerprint density at radius 1 is 1.41 bits per heavy atom. The maximum atomic E-state index is 10.7.